The van der Waals surface area contributed by atoms with Gasteiger partial charge in [0.15, 0.2) is 0 Å². The predicted octanol–water partition coefficient (Wildman–Crippen LogP) is -0.484. The Kier molecular flexibility index (Phi) is 1.71. The minimum Gasteiger partial charge on any atom is -0.479 e. The normalized spacial score (nSPS) is 24.0. The van der Waals surface area contributed by atoms with E-state index in [0.717, 1.165) is 0 Å². The van der Waals surface area contributed by atoms with Crippen molar-refractivity contribution in [3.63, 3.8) is 0 Å². The third-order valence-corrected chi connectivity index (χ3v) is 1.21. The lowest BCUT2D eigenvalue weighted by molar-refractivity contribution is -0.140. The van der Waals surface area contributed by atoms with Crippen molar-refractivity contribution in [2.24, 2.45) is 0 Å². The summed E-state index contributed by atoms with van der Waals surface area (Å²) >= 11 is 0. The molecular formula is C6H7NO3. The minimum atomic E-state index is -1.02. The summed E-state index contributed by atoms with van der Waals surface area (Å²) in [5.41, 5.74) is 0. The topological polar surface area (TPSA) is 66.4 Å². The van der Waals surface area contributed by atoms with Crippen LogP contribution in [0.25, 0.3) is 0 Å². The number of rotatable bonds is 1. The Balaban J connectivity index is 2.64. The van der Waals surface area contributed by atoms with E-state index >= 15 is 0 Å². The summed E-state index contributed by atoms with van der Waals surface area (Å²) in [7, 11) is 0. The van der Waals surface area contributed by atoms with Gasteiger partial charge in [0.05, 0.1) is 0 Å². The zero-order valence-corrected chi connectivity index (χ0v) is 5.20. The molecule has 0 spiro atoms. The Morgan fingerprint density at radius 3 is 2.90 bits per heavy atom. The van der Waals surface area contributed by atoms with Crippen molar-refractivity contribution in [2.45, 2.75) is 12.5 Å². The maximum absolute atomic E-state index is 10.6. The fraction of sp³-hybridized carbons (Fsp3) is 0.333. The Morgan fingerprint density at radius 1 is 1.80 bits per heavy atom. The van der Waals surface area contributed by atoms with Crippen LogP contribution in [0.1, 0.15) is 6.42 Å². The van der Waals surface area contributed by atoms with E-state index in [1.54, 1.807) is 6.08 Å². The third-order valence-electron chi connectivity index (χ3n) is 1.21. The minimum absolute atomic E-state index is 0.241. The van der Waals surface area contributed by atoms with Gasteiger partial charge in [-0.2, -0.15) is 0 Å². The van der Waals surface area contributed by atoms with E-state index in [9.17, 15) is 9.59 Å². The number of carbonyl (C=O) groups excluding carboxylic acids is 1. The number of aliphatic carboxylic acids is 1. The molecule has 0 radical (unpaired) electrons. The second kappa shape index (κ2) is 2.51. The van der Waals surface area contributed by atoms with Crippen molar-refractivity contribution in [3.8, 4) is 0 Å². The van der Waals surface area contributed by atoms with Crippen LogP contribution in [0.5, 0.6) is 0 Å². The zero-order valence-electron chi connectivity index (χ0n) is 5.20. The summed E-state index contributed by atoms with van der Waals surface area (Å²) in [6.45, 7) is 0. The van der Waals surface area contributed by atoms with E-state index in [-0.39, 0.29) is 12.3 Å². The average molecular weight is 141 g/mol. The van der Waals surface area contributed by atoms with Gasteiger partial charge in [-0.1, -0.05) is 12.2 Å². The number of hydrogen-bond acceptors (Lipinski definition) is 2. The average Bonchev–Trinajstić information content (AvgIpc) is 1.88. The molecule has 54 valence electrons. The van der Waals surface area contributed by atoms with Gasteiger partial charge in [0, 0.05) is 6.42 Å². The van der Waals surface area contributed by atoms with Crippen LogP contribution in [-0.2, 0) is 9.59 Å². The third kappa shape index (κ3) is 1.34. The standard InChI is InChI=1S/C6H7NO3/c8-5-3-1-2-4(7-5)6(9)10/h1-2,4H,3H2,(H,7,8)(H,9,10)/t4-/m0/s1. The number of carbonyl (C=O) groups is 2. The highest BCUT2D eigenvalue weighted by molar-refractivity contribution is 5.87. The Labute approximate surface area is 57.5 Å². The van der Waals surface area contributed by atoms with Crippen LogP contribution in [0, 0.1) is 0 Å². The molecule has 0 aromatic heterocycles. The van der Waals surface area contributed by atoms with Crippen LogP contribution < -0.4 is 5.32 Å². The SMILES string of the molecule is O=C1CC=C[C@@H](C(=O)O)N1. The van der Waals surface area contributed by atoms with Crippen LogP contribution in [0.15, 0.2) is 12.2 Å². The van der Waals surface area contributed by atoms with Crippen molar-refractivity contribution in [1.29, 1.82) is 0 Å². The van der Waals surface area contributed by atoms with Gasteiger partial charge >= 0.3 is 5.97 Å². The first kappa shape index (κ1) is 6.80. The fourth-order valence-electron chi connectivity index (χ4n) is 0.736. The lowest BCUT2D eigenvalue weighted by Gasteiger charge is -2.12. The Morgan fingerprint density at radius 2 is 2.50 bits per heavy atom. The summed E-state index contributed by atoms with van der Waals surface area (Å²) in [6.07, 6.45) is 3.30. The molecular weight excluding hydrogens is 134 g/mol. The molecule has 1 aliphatic heterocycles. The molecule has 1 amide bonds. The smallest absolute Gasteiger partial charge is 0.330 e. The first-order chi connectivity index (χ1) is 4.70. The van der Waals surface area contributed by atoms with Gasteiger partial charge in [-0.25, -0.2) is 4.79 Å². The maximum Gasteiger partial charge on any atom is 0.330 e. The highest BCUT2D eigenvalue weighted by Crippen LogP contribution is 1.97. The lowest BCUT2D eigenvalue weighted by Crippen LogP contribution is -2.41. The number of carboxylic acid groups (broad SMARTS) is 1. The molecule has 4 heteroatoms. The molecule has 0 bridgehead atoms. The molecule has 1 heterocycles. The number of nitrogens with one attached hydrogen (secondary N) is 1. The largest absolute Gasteiger partial charge is 0.479 e. The van der Waals surface area contributed by atoms with E-state index in [2.05, 4.69) is 5.32 Å². The molecule has 10 heavy (non-hydrogen) atoms. The molecule has 4 nitrogen and oxygen atoms in total. The van der Waals surface area contributed by atoms with Crippen LogP contribution >= 0.6 is 0 Å². The van der Waals surface area contributed by atoms with Gasteiger partial charge in [0.1, 0.15) is 6.04 Å². The van der Waals surface area contributed by atoms with Crippen molar-refractivity contribution < 1.29 is 14.7 Å². The van der Waals surface area contributed by atoms with E-state index in [0.29, 0.717) is 0 Å². The van der Waals surface area contributed by atoms with Gasteiger partial charge in [0.25, 0.3) is 0 Å². The van der Waals surface area contributed by atoms with E-state index in [1.165, 1.54) is 6.08 Å². The van der Waals surface area contributed by atoms with Crippen molar-refractivity contribution in [1.82, 2.24) is 5.32 Å². The van der Waals surface area contributed by atoms with Gasteiger partial charge in [-0.05, 0) is 0 Å². The molecule has 0 unspecified atom stereocenters. The second-order valence-corrected chi connectivity index (χ2v) is 2.02. The van der Waals surface area contributed by atoms with Crippen molar-refractivity contribution in [3.05, 3.63) is 12.2 Å². The summed E-state index contributed by atoms with van der Waals surface area (Å²) < 4.78 is 0. The van der Waals surface area contributed by atoms with E-state index in [4.69, 9.17) is 5.11 Å². The van der Waals surface area contributed by atoms with Crippen LogP contribution in [0.2, 0.25) is 0 Å². The van der Waals surface area contributed by atoms with Crippen LogP contribution in [0.3, 0.4) is 0 Å². The van der Waals surface area contributed by atoms with Gasteiger partial charge in [0.2, 0.25) is 5.91 Å². The van der Waals surface area contributed by atoms with Gasteiger partial charge in [-0.15, -0.1) is 0 Å². The van der Waals surface area contributed by atoms with E-state index in [1.807, 2.05) is 0 Å². The first-order valence-electron chi connectivity index (χ1n) is 2.89. The highest BCUT2D eigenvalue weighted by Gasteiger charge is 2.18. The lowest BCUT2D eigenvalue weighted by atomic mass is 10.2. The molecule has 1 rings (SSSR count). The number of hydrogen-bond donors (Lipinski definition) is 2. The predicted molar refractivity (Wildman–Crippen MR) is 33.3 cm³/mol. The molecule has 2 N–H and O–H groups in total. The molecule has 1 aliphatic rings. The molecule has 0 aromatic carbocycles. The summed E-state index contributed by atoms with van der Waals surface area (Å²) in [5, 5.41) is 10.7. The summed E-state index contributed by atoms with van der Waals surface area (Å²) in [6, 6.07) is -0.832. The fourth-order valence-corrected chi connectivity index (χ4v) is 0.736. The molecule has 0 saturated heterocycles. The number of amides is 1. The molecule has 0 saturated carbocycles. The Hall–Kier alpha value is -1.32. The molecule has 0 fully saturated rings. The zero-order chi connectivity index (χ0) is 7.56. The molecule has 0 aliphatic carbocycles. The number of carboxylic acids is 1. The van der Waals surface area contributed by atoms with Crippen molar-refractivity contribution >= 4 is 11.9 Å². The quantitative estimate of drug-likeness (QED) is 0.484. The summed E-state index contributed by atoms with van der Waals surface area (Å²) in [5.74, 6) is -1.26. The Bertz CT molecular complexity index is 197. The van der Waals surface area contributed by atoms with Gasteiger partial charge in [-0.3, -0.25) is 4.79 Å². The van der Waals surface area contributed by atoms with Crippen LogP contribution in [-0.4, -0.2) is 23.0 Å². The highest BCUT2D eigenvalue weighted by atomic mass is 16.4. The van der Waals surface area contributed by atoms with E-state index < -0.39 is 12.0 Å². The van der Waals surface area contributed by atoms with Crippen molar-refractivity contribution in [2.75, 3.05) is 0 Å². The second-order valence-electron chi connectivity index (χ2n) is 2.02. The monoisotopic (exact) mass is 141 g/mol. The van der Waals surface area contributed by atoms with Crippen LogP contribution in [0.4, 0.5) is 0 Å². The molecule has 1 atom stereocenters. The first-order valence-corrected chi connectivity index (χ1v) is 2.89. The molecule has 0 aromatic rings. The summed E-state index contributed by atoms with van der Waals surface area (Å²) in [4.78, 5) is 20.8. The van der Waals surface area contributed by atoms with Gasteiger partial charge < -0.3 is 10.4 Å². The maximum atomic E-state index is 10.6.